The molecule has 0 fully saturated rings. The first-order chi connectivity index (χ1) is 12.8. The summed E-state index contributed by atoms with van der Waals surface area (Å²) in [5, 5.41) is 2.76. The molecule has 27 heavy (non-hydrogen) atoms. The lowest BCUT2D eigenvalue weighted by atomic mass is 10.1. The fourth-order valence-corrected chi connectivity index (χ4v) is 3.61. The van der Waals surface area contributed by atoms with Crippen molar-refractivity contribution in [3.05, 3.63) is 59.7 Å². The number of sulfonamides is 1. The molecule has 7 nitrogen and oxygen atoms in total. The van der Waals surface area contributed by atoms with Gasteiger partial charge < -0.3 is 14.8 Å². The first-order valence-electron chi connectivity index (χ1n) is 8.37. The van der Waals surface area contributed by atoms with E-state index < -0.39 is 15.9 Å². The number of hydrogen-bond acceptors (Lipinski definition) is 5. The van der Waals surface area contributed by atoms with E-state index in [1.165, 1.54) is 14.2 Å². The van der Waals surface area contributed by atoms with Crippen molar-refractivity contribution in [1.82, 2.24) is 10.0 Å². The summed E-state index contributed by atoms with van der Waals surface area (Å²) >= 11 is 0. The van der Waals surface area contributed by atoms with E-state index in [9.17, 15) is 13.2 Å². The van der Waals surface area contributed by atoms with Crippen molar-refractivity contribution in [2.75, 3.05) is 20.8 Å². The first kappa shape index (κ1) is 20.7. The van der Waals surface area contributed by atoms with Crippen molar-refractivity contribution in [2.45, 2.75) is 18.7 Å². The molecule has 0 heterocycles. The lowest BCUT2D eigenvalue weighted by Gasteiger charge is -2.15. The standard InChI is InChI=1S/C19H24N2O5S/c1-14(16-7-5-4-6-8-16)21-19(22)12-20-27(23,24)13-15-9-10-17(25-2)18(11-15)26-3/h4-11,14,20H,12-13H2,1-3H3,(H,21,22). The number of benzene rings is 2. The van der Waals surface area contributed by atoms with Gasteiger partial charge in [0.2, 0.25) is 15.9 Å². The highest BCUT2D eigenvalue weighted by molar-refractivity contribution is 7.88. The number of hydrogen-bond donors (Lipinski definition) is 2. The second-order valence-electron chi connectivity index (χ2n) is 5.97. The van der Waals surface area contributed by atoms with Crippen molar-refractivity contribution < 1.29 is 22.7 Å². The second kappa shape index (κ2) is 9.38. The van der Waals surface area contributed by atoms with Crippen LogP contribution < -0.4 is 19.5 Å². The van der Waals surface area contributed by atoms with E-state index in [4.69, 9.17) is 9.47 Å². The molecule has 2 N–H and O–H groups in total. The van der Waals surface area contributed by atoms with Crippen LogP contribution in [0.5, 0.6) is 11.5 Å². The minimum Gasteiger partial charge on any atom is -0.493 e. The molecule has 2 rings (SSSR count). The summed E-state index contributed by atoms with van der Waals surface area (Å²) in [6, 6.07) is 14.1. The highest BCUT2D eigenvalue weighted by atomic mass is 32.2. The Bertz CT molecular complexity index is 869. The Hall–Kier alpha value is -2.58. The Morgan fingerprint density at radius 1 is 1.04 bits per heavy atom. The summed E-state index contributed by atoms with van der Waals surface area (Å²) in [5.74, 6) is 0.289. The van der Waals surface area contributed by atoms with Crippen LogP contribution in [0.25, 0.3) is 0 Å². The van der Waals surface area contributed by atoms with Gasteiger partial charge in [-0.3, -0.25) is 4.79 Å². The van der Waals surface area contributed by atoms with E-state index >= 15 is 0 Å². The van der Waals surface area contributed by atoms with Crippen LogP contribution in [0.2, 0.25) is 0 Å². The number of nitrogens with one attached hydrogen (secondary N) is 2. The molecule has 0 bridgehead atoms. The highest BCUT2D eigenvalue weighted by Gasteiger charge is 2.16. The number of amides is 1. The van der Waals surface area contributed by atoms with Gasteiger partial charge in [-0.25, -0.2) is 13.1 Å². The van der Waals surface area contributed by atoms with E-state index in [0.29, 0.717) is 17.1 Å². The predicted octanol–water partition coefficient (Wildman–Crippen LogP) is 2.00. The Morgan fingerprint density at radius 3 is 2.33 bits per heavy atom. The molecule has 0 aromatic heterocycles. The molecular formula is C19H24N2O5S. The van der Waals surface area contributed by atoms with Gasteiger partial charge in [0.05, 0.1) is 32.6 Å². The third-order valence-corrected chi connectivity index (χ3v) is 5.23. The van der Waals surface area contributed by atoms with Gasteiger partial charge >= 0.3 is 0 Å². The lowest BCUT2D eigenvalue weighted by Crippen LogP contribution is -2.38. The average molecular weight is 392 g/mol. The van der Waals surface area contributed by atoms with E-state index in [2.05, 4.69) is 10.0 Å². The minimum absolute atomic E-state index is 0.214. The normalized spacial score (nSPS) is 12.3. The van der Waals surface area contributed by atoms with Gasteiger partial charge in [-0.2, -0.15) is 0 Å². The SMILES string of the molecule is COc1ccc(CS(=O)(=O)NCC(=O)NC(C)c2ccccc2)cc1OC. The van der Waals surface area contributed by atoms with Crippen LogP contribution in [0.4, 0.5) is 0 Å². The topological polar surface area (TPSA) is 93.7 Å². The molecule has 0 saturated heterocycles. The summed E-state index contributed by atoms with van der Waals surface area (Å²) in [6.07, 6.45) is 0. The smallest absolute Gasteiger partial charge is 0.235 e. The Kier molecular flexibility index (Phi) is 7.20. The molecule has 0 aliphatic rings. The zero-order chi connectivity index (χ0) is 19.9. The van der Waals surface area contributed by atoms with E-state index in [1.54, 1.807) is 18.2 Å². The molecular weight excluding hydrogens is 368 g/mol. The maximum Gasteiger partial charge on any atom is 0.235 e. The quantitative estimate of drug-likeness (QED) is 0.681. The molecule has 2 aromatic carbocycles. The Balaban J connectivity index is 1.91. The van der Waals surface area contributed by atoms with Gasteiger partial charge in [0, 0.05) is 0 Å². The van der Waals surface area contributed by atoms with Crippen molar-refractivity contribution in [1.29, 1.82) is 0 Å². The summed E-state index contributed by atoms with van der Waals surface area (Å²) in [7, 11) is -0.698. The predicted molar refractivity (Wildman–Crippen MR) is 103 cm³/mol. The molecule has 1 atom stereocenters. The van der Waals surface area contributed by atoms with Gasteiger partial charge in [-0.1, -0.05) is 36.4 Å². The Morgan fingerprint density at radius 2 is 1.70 bits per heavy atom. The number of carbonyl (C=O) groups excluding carboxylic acids is 1. The molecule has 0 saturated carbocycles. The van der Waals surface area contributed by atoms with Crippen molar-refractivity contribution in [2.24, 2.45) is 0 Å². The minimum atomic E-state index is -3.68. The Labute approximate surface area is 159 Å². The van der Waals surface area contributed by atoms with Crippen molar-refractivity contribution in [3.63, 3.8) is 0 Å². The molecule has 8 heteroatoms. The third kappa shape index (κ3) is 6.26. The van der Waals surface area contributed by atoms with Crippen LogP contribution in [0.1, 0.15) is 24.1 Å². The lowest BCUT2D eigenvalue weighted by molar-refractivity contribution is -0.120. The van der Waals surface area contributed by atoms with Crippen molar-refractivity contribution in [3.8, 4) is 11.5 Å². The maximum atomic E-state index is 12.3. The summed E-state index contributed by atoms with van der Waals surface area (Å²) in [4.78, 5) is 12.0. The molecule has 0 aliphatic heterocycles. The van der Waals surface area contributed by atoms with Crippen LogP contribution >= 0.6 is 0 Å². The van der Waals surface area contributed by atoms with Gasteiger partial charge in [0.25, 0.3) is 0 Å². The van der Waals surface area contributed by atoms with Crippen molar-refractivity contribution >= 4 is 15.9 Å². The van der Waals surface area contributed by atoms with Crippen LogP contribution in [-0.2, 0) is 20.6 Å². The van der Waals surface area contributed by atoms with Gasteiger partial charge in [0.1, 0.15) is 0 Å². The largest absolute Gasteiger partial charge is 0.493 e. The van der Waals surface area contributed by atoms with E-state index in [-0.39, 0.29) is 18.3 Å². The zero-order valence-electron chi connectivity index (χ0n) is 15.6. The summed E-state index contributed by atoms with van der Waals surface area (Å²) in [6.45, 7) is 1.51. The summed E-state index contributed by atoms with van der Waals surface area (Å²) < 4.78 is 37.1. The molecule has 0 aliphatic carbocycles. The first-order valence-corrected chi connectivity index (χ1v) is 10.0. The van der Waals surface area contributed by atoms with E-state index in [0.717, 1.165) is 5.56 Å². The third-order valence-electron chi connectivity index (χ3n) is 3.93. The highest BCUT2D eigenvalue weighted by Crippen LogP contribution is 2.28. The monoisotopic (exact) mass is 392 g/mol. The second-order valence-corrected chi connectivity index (χ2v) is 7.78. The van der Waals surface area contributed by atoms with Crippen LogP contribution in [0.3, 0.4) is 0 Å². The van der Waals surface area contributed by atoms with Crippen LogP contribution in [0, 0.1) is 0 Å². The number of ether oxygens (including phenoxy) is 2. The molecule has 0 radical (unpaired) electrons. The number of methoxy groups -OCH3 is 2. The van der Waals surface area contributed by atoms with Gasteiger partial charge in [0.15, 0.2) is 11.5 Å². The number of rotatable bonds is 9. The van der Waals surface area contributed by atoms with Gasteiger partial charge in [-0.15, -0.1) is 0 Å². The molecule has 146 valence electrons. The maximum absolute atomic E-state index is 12.3. The molecule has 1 unspecified atom stereocenters. The average Bonchev–Trinajstić information content (AvgIpc) is 2.66. The summed E-state index contributed by atoms with van der Waals surface area (Å²) in [5.41, 5.74) is 1.47. The van der Waals surface area contributed by atoms with Gasteiger partial charge in [-0.05, 0) is 30.2 Å². The fraction of sp³-hybridized carbons (Fsp3) is 0.316. The van der Waals surface area contributed by atoms with Crippen LogP contribution in [-0.4, -0.2) is 35.1 Å². The fourth-order valence-electron chi connectivity index (χ4n) is 2.53. The zero-order valence-corrected chi connectivity index (χ0v) is 16.4. The van der Waals surface area contributed by atoms with E-state index in [1.807, 2.05) is 37.3 Å². The molecule has 1 amide bonds. The molecule has 0 spiro atoms. The molecule has 2 aromatic rings. The number of carbonyl (C=O) groups is 1. The van der Waals surface area contributed by atoms with Crippen LogP contribution in [0.15, 0.2) is 48.5 Å².